The van der Waals surface area contributed by atoms with Crippen molar-refractivity contribution < 1.29 is 32.7 Å². The van der Waals surface area contributed by atoms with Crippen LogP contribution in [-0.4, -0.2) is 42.7 Å². The topological polar surface area (TPSA) is 149 Å². The molecule has 0 spiro atoms. The van der Waals surface area contributed by atoms with Crippen molar-refractivity contribution in [1.29, 1.82) is 0 Å². The molecule has 8 rings (SSSR count). The molecule has 4 aromatic heterocycles. The van der Waals surface area contributed by atoms with Gasteiger partial charge in [0, 0.05) is 27.2 Å². The molecule has 56 heavy (non-hydrogen) atoms. The van der Waals surface area contributed by atoms with Crippen LogP contribution in [0.15, 0.2) is 58.1 Å². The van der Waals surface area contributed by atoms with E-state index in [2.05, 4.69) is 0 Å². The number of nitrogens with zero attached hydrogens (tertiary/aromatic N) is 4. The normalized spacial score (nSPS) is 14.3. The number of rotatable bonds is 14. The van der Waals surface area contributed by atoms with E-state index in [1.54, 1.807) is 51.0 Å². The Morgan fingerprint density at radius 2 is 1.20 bits per heavy atom. The molecule has 2 aliphatic heterocycles. The van der Waals surface area contributed by atoms with Gasteiger partial charge >= 0.3 is 10.1 Å². The summed E-state index contributed by atoms with van der Waals surface area (Å²) in [4.78, 5) is 1.39. The second-order valence-corrected chi connectivity index (χ2v) is 18.9. The first-order chi connectivity index (χ1) is 26.9. The van der Waals surface area contributed by atoms with Gasteiger partial charge in [0.2, 0.25) is 0 Å². The van der Waals surface area contributed by atoms with Crippen molar-refractivity contribution in [1.82, 2.24) is 19.6 Å². The number of aliphatic hydroxyl groups is 2. The molecular formula is C38H34Cl4N4O7S3. The van der Waals surface area contributed by atoms with Crippen LogP contribution in [-0.2, 0) is 23.3 Å². The summed E-state index contributed by atoms with van der Waals surface area (Å²) in [5, 5.41) is 36.1. The minimum absolute atomic E-state index is 0.0491. The number of aliphatic hydroxyl groups excluding tert-OH is 2. The van der Waals surface area contributed by atoms with Gasteiger partial charge in [-0.3, -0.25) is 4.55 Å². The van der Waals surface area contributed by atoms with E-state index >= 15 is 0 Å². The summed E-state index contributed by atoms with van der Waals surface area (Å²) in [6.07, 6.45) is 4.55. The predicted molar refractivity (Wildman–Crippen MR) is 219 cm³/mol. The fourth-order valence-corrected chi connectivity index (χ4v) is 10.9. The molecule has 0 fully saturated rings. The lowest BCUT2D eigenvalue weighted by atomic mass is 10.00. The van der Waals surface area contributed by atoms with E-state index in [0.717, 1.165) is 71.7 Å². The largest absolute Gasteiger partial charge is 0.487 e. The van der Waals surface area contributed by atoms with Gasteiger partial charge in [-0.25, -0.2) is 9.36 Å². The standard InChI is InChI=1S/C38H34Cl4N4O7S3/c39-20-9-11-26(24(41)15-20)45-35-22(18-52-30-13-14-54-37(30)35)33(43-45)28(47)7-5-3-1-2-4-6-8-29(48)34-23-19-53-31-17-32(56(49,50)51)55-38(31)36(23)46(44-34)27-12-10-21(40)16-25(27)42/h9-17,28-29,47-48H,1-8,18-19H2,(H,49,50,51). The zero-order valence-electron chi connectivity index (χ0n) is 29.4. The summed E-state index contributed by atoms with van der Waals surface area (Å²) in [6, 6.07) is 13.4. The van der Waals surface area contributed by atoms with Crippen molar-refractivity contribution in [2.24, 2.45) is 0 Å². The summed E-state index contributed by atoms with van der Waals surface area (Å²) >= 11 is 27.9. The fraction of sp³-hybridized carbons (Fsp3) is 0.316. The van der Waals surface area contributed by atoms with E-state index < -0.39 is 22.3 Å². The Morgan fingerprint density at radius 3 is 1.71 bits per heavy atom. The maximum Gasteiger partial charge on any atom is 0.304 e. The number of thiophene rings is 2. The lowest BCUT2D eigenvalue weighted by Gasteiger charge is -2.18. The zero-order chi connectivity index (χ0) is 39.3. The van der Waals surface area contributed by atoms with Gasteiger partial charge in [0.25, 0.3) is 0 Å². The molecule has 0 amide bonds. The second kappa shape index (κ2) is 16.2. The maximum absolute atomic E-state index is 12.0. The van der Waals surface area contributed by atoms with Crippen LogP contribution in [0.5, 0.6) is 11.5 Å². The molecule has 2 aliphatic rings. The Hall–Kier alpha value is -3.15. The number of hydrogen-bond donors (Lipinski definition) is 3. The molecular weight excluding hydrogens is 862 g/mol. The Labute approximate surface area is 350 Å². The van der Waals surface area contributed by atoms with E-state index in [0.29, 0.717) is 78.4 Å². The van der Waals surface area contributed by atoms with Crippen LogP contribution in [0, 0.1) is 0 Å². The summed E-state index contributed by atoms with van der Waals surface area (Å²) in [5.74, 6) is 1.07. The average Bonchev–Trinajstić information content (AvgIpc) is 3.95. The van der Waals surface area contributed by atoms with Gasteiger partial charge in [-0.05, 0) is 60.7 Å². The molecule has 294 valence electrons. The zero-order valence-corrected chi connectivity index (χ0v) is 34.9. The van der Waals surface area contributed by atoms with E-state index in [1.165, 1.54) is 6.07 Å². The molecule has 0 radical (unpaired) electrons. The van der Waals surface area contributed by atoms with Gasteiger partial charge in [0.15, 0.2) is 4.21 Å². The monoisotopic (exact) mass is 894 g/mol. The van der Waals surface area contributed by atoms with Gasteiger partial charge in [-0.15, -0.1) is 22.7 Å². The van der Waals surface area contributed by atoms with Crippen molar-refractivity contribution in [2.45, 2.75) is 81.0 Å². The van der Waals surface area contributed by atoms with E-state index in [4.69, 9.17) is 66.1 Å². The molecule has 0 saturated heterocycles. The quantitative estimate of drug-likeness (QED) is 0.0717. The summed E-state index contributed by atoms with van der Waals surface area (Å²) in [5.41, 5.74) is 5.05. The minimum atomic E-state index is -4.47. The van der Waals surface area contributed by atoms with Crippen LogP contribution < -0.4 is 9.47 Å². The molecule has 3 N–H and O–H groups in total. The number of benzene rings is 2. The Kier molecular flexibility index (Phi) is 11.5. The van der Waals surface area contributed by atoms with Crippen molar-refractivity contribution >= 4 is 79.2 Å². The lowest BCUT2D eigenvalue weighted by molar-refractivity contribution is 0.153. The SMILES string of the molecule is O=S(=O)(O)c1cc2c(s1)-c1c(c(C(O)CCCCCCCCC(O)c3nn(-c4ccc(Cl)cc4Cl)c4c3COc3ccsc3-4)nn1-c1ccc(Cl)cc1Cl)CO2. The van der Waals surface area contributed by atoms with E-state index in [1.807, 2.05) is 17.5 Å². The highest BCUT2D eigenvalue weighted by Crippen LogP contribution is 2.49. The first-order valence-corrected chi connectivity index (χ1v) is 22.5. The van der Waals surface area contributed by atoms with Gasteiger partial charge in [-0.2, -0.15) is 18.6 Å². The molecule has 0 bridgehead atoms. The molecule has 0 aliphatic carbocycles. The fourth-order valence-electron chi connectivity index (χ4n) is 7.17. The highest BCUT2D eigenvalue weighted by molar-refractivity contribution is 7.88. The third-order valence-electron chi connectivity index (χ3n) is 9.87. The lowest BCUT2D eigenvalue weighted by Crippen LogP contribution is -2.08. The van der Waals surface area contributed by atoms with Gasteiger partial charge in [0.1, 0.15) is 24.7 Å². The third kappa shape index (κ3) is 7.73. The van der Waals surface area contributed by atoms with Crippen LogP contribution >= 0.6 is 69.1 Å². The Bertz CT molecular complexity index is 2550. The van der Waals surface area contributed by atoms with Crippen LogP contribution in [0.4, 0.5) is 0 Å². The summed E-state index contributed by atoms with van der Waals surface area (Å²) in [6.45, 7) is 0.352. The third-order valence-corrected chi connectivity index (χ3v) is 14.3. The van der Waals surface area contributed by atoms with Gasteiger partial charge in [-0.1, -0.05) is 84.9 Å². The van der Waals surface area contributed by atoms with Crippen LogP contribution in [0.1, 0.15) is 86.1 Å². The molecule has 2 unspecified atom stereocenters. The smallest absolute Gasteiger partial charge is 0.304 e. The first kappa shape index (κ1) is 39.7. The molecule has 0 saturated carbocycles. The highest BCUT2D eigenvalue weighted by atomic mass is 35.5. The molecule has 2 aromatic carbocycles. The summed E-state index contributed by atoms with van der Waals surface area (Å²) < 4.78 is 48.6. The van der Waals surface area contributed by atoms with Crippen molar-refractivity contribution in [3.05, 3.63) is 96.5 Å². The number of ether oxygens (including phenoxy) is 2. The number of aromatic nitrogens is 4. The molecule has 6 aromatic rings. The first-order valence-electron chi connectivity index (χ1n) is 17.8. The molecule has 6 heterocycles. The van der Waals surface area contributed by atoms with Crippen LogP contribution in [0.2, 0.25) is 20.1 Å². The van der Waals surface area contributed by atoms with Crippen molar-refractivity contribution in [3.63, 3.8) is 0 Å². The van der Waals surface area contributed by atoms with E-state index in [9.17, 15) is 23.2 Å². The van der Waals surface area contributed by atoms with Crippen LogP contribution in [0.25, 0.3) is 32.5 Å². The number of fused-ring (bicyclic) bond motifs is 6. The Balaban J connectivity index is 0.886. The maximum atomic E-state index is 12.0. The predicted octanol–water partition coefficient (Wildman–Crippen LogP) is 11.0. The molecule has 2 atom stereocenters. The molecule has 11 nitrogen and oxygen atoms in total. The second-order valence-electron chi connectivity index (χ2n) is 13.6. The van der Waals surface area contributed by atoms with Gasteiger partial charge in [0.05, 0.1) is 66.2 Å². The number of halogens is 4. The van der Waals surface area contributed by atoms with Crippen molar-refractivity contribution in [3.8, 4) is 44.0 Å². The number of unbranched alkanes of at least 4 members (excludes halogenated alkanes) is 5. The number of hydrogen-bond acceptors (Lipinski definition) is 10. The highest BCUT2D eigenvalue weighted by Gasteiger charge is 2.34. The van der Waals surface area contributed by atoms with Crippen LogP contribution in [0.3, 0.4) is 0 Å². The van der Waals surface area contributed by atoms with Crippen molar-refractivity contribution in [2.75, 3.05) is 0 Å². The molecule has 18 heteroatoms. The Morgan fingerprint density at radius 1 is 0.696 bits per heavy atom. The van der Waals surface area contributed by atoms with E-state index in [-0.39, 0.29) is 16.6 Å². The summed E-state index contributed by atoms with van der Waals surface area (Å²) in [7, 11) is -4.47. The van der Waals surface area contributed by atoms with Gasteiger partial charge < -0.3 is 19.7 Å². The minimum Gasteiger partial charge on any atom is -0.487 e. The average molecular weight is 897 g/mol.